The molecule has 5 rings (SSSR count). The van der Waals surface area contributed by atoms with Crippen LogP contribution in [0, 0.1) is 0 Å². The van der Waals surface area contributed by atoms with Gasteiger partial charge in [0, 0.05) is 22.8 Å². The van der Waals surface area contributed by atoms with Gasteiger partial charge in [-0.05, 0) is 65.6 Å². The number of aromatic nitrogens is 2. The predicted octanol–water partition coefficient (Wildman–Crippen LogP) is 7.36. The first-order valence-electron chi connectivity index (χ1n) is 12.5. The first-order chi connectivity index (χ1) is 18.5. The van der Waals surface area contributed by atoms with Crippen LogP contribution >= 0.6 is 11.6 Å². The molecule has 2 amide bonds. The molecule has 2 N–H and O–H groups in total. The van der Waals surface area contributed by atoms with E-state index in [-0.39, 0.29) is 11.6 Å². The maximum absolute atomic E-state index is 13.7. The number of carbonyl (C=O) groups excluding carboxylic acids is 1. The third kappa shape index (κ3) is 5.76. The molecule has 1 heterocycles. The number of benzene rings is 4. The Morgan fingerprint density at radius 3 is 2.34 bits per heavy atom. The molecule has 1 aromatic heterocycles. The van der Waals surface area contributed by atoms with E-state index in [2.05, 4.69) is 17.6 Å². The van der Waals surface area contributed by atoms with E-state index in [4.69, 9.17) is 16.6 Å². The molecule has 0 bridgehead atoms. The van der Waals surface area contributed by atoms with Gasteiger partial charge in [0.05, 0.1) is 17.4 Å². The average molecular weight is 523 g/mol. The second-order valence-corrected chi connectivity index (χ2v) is 9.49. The summed E-state index contributed by atoms with van der Waals surface area (Å²) in [6, 6.07) is 29.9. The highest BCUT2D eigenvalue weighted by Crippen LogP contribution is 2.24. The molecule has 0 atom stereocenters. The van der Waals surface area contributed by atoms with E-state index < -0.39 is 0 Å². The Kier molecular flexibility index (Phi) is 7.52. The van der Waals surface area contributed by atoms with Crippen LogP contribution in [0.4, 0.5) is 16.2 Å². The second-order valence-electron chi connectivity index (χ2n) is 9.05. The van der Waals surface area contributed by atoms with Gasteiger partial charge in [0.25, 0.3) is 5.56 Å². The molecular formula is C31H27ClN4O2. The van der Waals surface area contributed by atoms with Gasteiger partial charge in [-0.2, -0.15) is 0 Å². The lowest BCUT2D eigenvalue weighted by Crippen LogP contribution is -2.26. The Bertz CT molecular complexity index is 1650. The molecule has 0 radical (unpaired) electrons. The van der Waals surface area contributed by atoms with Gasteiger partial charge in [-0.1, -0.05) is 73.1 Å². The number of aryl methyl sites for hydroxylation is 1. The lowest BCUT2D eigenvalue weighted by Gasteiger charge is -2.15. The van der Waals surface area contributed by atoms with Gasteiger partial charge in [-0.3, -0.25) is 9.36 Å². The molecule has 4 aromatic carbocycles. The quantitative estimate of drug-likeness (QED) is 0.234. The lowest BCUT2D eigenvalue weighted by molar-refractivity contribution is 0.262. The van der Waals surface area contributed by atoms with Crippen LogP contribution in [0.25, 0.3) is 22.0 Å². The highest BCUT2D eigenvalue weighted by atomic mass is 35.5. The molecule has 0 saturated heterocycles. The average Bonchev–Trinajstić information content (AvgIpc) is 2.92. The van der Waals surface area contributed by atoms with Gasteiger partial charge in [0.2, 0.25) is 0 Å². The first kappa shape index (κ1) is 25.2. The fourth-order valence-electron chi connectivity index (χ4n) is 4.39. The minimum absolute atomic E-state index is 0.135. The second kappa shape index (κ2) is 11.3. The number of fused-ring (bicyclic) bond motifs is 1. The molecular weight excluding hydrogens is 496 g/mol. The summed E-state index contributed by atoms with van der Waals surface area (Å²) in [6.45, 7) is 2.47. The maximum Gasteiger partial charge on any atom is 0.323 e. The molecule has 0 spiro atoms. The maximum atomic E-state index is 13.7. The fraction of sp³-hybridized carbons (Fsp3) is 0.129. The molecule has 190 valence electrons. The van der Waals surface area contributed by atoms with E-state index in [9.17, 15) is 9.59 Å². The predicted molar refractivity (Wildman–Crippen MR) is 155 cm³/mol. The van der Waals surface area contributed by atoms with Crippen LogP contribution in [0.3, 0.4) is 0 Å². The van der Waals surface area contributed by atoms with Gasteiger partial charge < -0.3 is 10.6 Å². The minimum Gasteiger partial charge on any atom is -0.308 e. The summed E-state index contributed by atoms with van der Waals surface area (Å²) in [7, 11) is 0. The number of rotatable bonds is 7. The highest BCUT2D eigenvalue weighted by Gasteiger charge is 2.13. The molecule has 0 unspecified atom stereocenters. The Labute approximate surface area is 225 Å². The number of halogens is 1. The number of urea groups is 1. The Morgan fingerprint density at radius 1 is 0.842 bits per heavy atom. The number of carbonyl (C=O) groups is 1. The first-order valence-corrected chi connectivity index (χ1v) is 12.9. The smallest absolute Gasteiger partial charge is 0.308 e. The topological polar surface area (TPSA) is 76.0 Å². The van der Waals surface area contributed by atoms with Crippen molar-refractivity contribution in [2.75, 3.05) is 10.6 Å². The van der Waals surface area contributed by atoms with E-state index in [1.165, 1.54) is 0 Å². The number of nitrogens with one attached hydrogen (secondary N) is 2. The van der Waals surface area contributed by atoms with E-state index in [1.54, 1.807) is 34.9 Å². The largest absolute Gasteiger partial charge is 0.323 e. The standard InChI is InChI=1S/C31H27ClN4O2/c1-2-7-29-35-28-17-16-26(34-31(38)33-25-10-4-3-5-11-25)19-27(28)30(37)36(29)20-21-12-14-22(15-13-21)23-8-6-9-24(32)18-23/h3-6,8-19H,2,7,20H2,1H3,(H2,33,34,38). The van der Waals surface area contributed by atoms with Crippen LogP contribution in [0.2, 0.25) is 5.02 Å². The third-order valence-electron chi connectivity index (χ3n) is 6.25. The van der Waals surface area contributed by atoms with Crippen LogP contribution in [0.1, 0.15) is 24.7 Å². The molecule has 0 aliphatic heterocycles. The van der Waals surface area contributed by atoms with Crippen LogP contribution in [-0.2, 0) is 13.0 Å². The zero-order valence-electron chi connectivity index (χ0n) is 20.9. The van der Waals surface area contributed by atoms with Gasteiger partial charge in [-0.25, -0.2) is 9.78 Å². The monoisotopic (exact) mass is 522 g/mol. The van der Waals surface area contributed by atoms with Crippen molar-refractivity contribution >= 4 is 39.9 Å². The number of hydrogen-bond donors (Lipinski definition) is 2. The summed E-state index contributed by atoms with van der Waals surface area (Å²) < 4.78 is 1.73. The van der Waals surface area contributed by atoms with Gasteiger partial charge in [0.1, 0.15) is 5.82 Å². The number of para-hydroxylation sites is 1. The van der Waals surface area contributed by atoms with E-state index >= 15 is 0 Å². The molecule has 5 aromatic rings. The third-order valence-corrected chi connectivity index (χ3v) is 6.48. The van der Waals surface area contributed by atoms with Crippen LogP contribution in [0.5, 0.6) is 0 Å². The summed E-state index contributed by atoms with van der Waals surface area (Å²) in [6.07, 6.45) is 1.55. The summed E-state index contributed by atoms with van der Waals surface area (Å²) in [5.74, 6) is 0.742. The summed E-state index contributed by atoms with van der Waals surface area (Å²) in [5.41, 5.74) is 4.76. The number of hydrogen-bond acceptors (Lipinski definition) is 3. The molecule has 0 aliphatic rings. The fourth-order valence-corrected chi connectivity index (χ4v) is 4.58. The molecule has 0 fully saturated rings. The van der Waals surface area contributed by atoms with Gasteiger partial charge >= 0.3 is 6.03 Å². The van der Waals surface area contributed by atoms with Crippen LogP contribution in [-0.4, -0.2) is 15.6 Å². The SMILES string of the molecule is CCCc1nc2ccc(NC(=O)Nc3ccccc3)cc2c(=O)n1Cc1ccc(-c2cccc(Cl)c2)cc1. The van der Waals surface area contributed by atoms with Crippen molar-refractivity contribution in [3.05, 3.63) is 124 Å². The Morgan fingerprint density at radius 2 is 1.61 bits per heavy atom. The van der Waals surface area contributed by atoms with Crippen LogP contribution in [0.15, 0.2) is 102 Å². The minimum atomic E-state index is -0.383. The van der Waals surface area contributed by atoms with Crippen molar-refractivity contribution in [2.45, 2.75) is 26.3 Å². The van der Waals surface area contributed by atoms with Gasteiger partial charge in [0.15, 0.2) is 0 Å². The molecule has 38 heavy (non-hydrogen) atoms. The van der Waals surface area contributed by atoms with Crippen molar-refractivity contribution < 1.29 is 4.79 Å². The normalized spacial score (nSPS) is 10.9. The van der Waals surface area contributed by atoms with Gasteiger partial charge in [-0.15, -0.1) is 0 Å². The molecule has 7 heteroatoms. The lowest BCUT2D eigenvalue weighted by atomic mass is 10.0. The van der Waals surface area contributed by atoms with Crippen LogP contribution < -0.4 is 16.2 Å². The molecule has 0 saturated carbocycles. The summed E-state index contributed by atoms with van der Waals surface area (Å²) in [5, 5.41) is 6.74. The Hall–Kier alpha value is -4.42. The van der Waals surface area contributed by atoms with E-state index in [0.717, 1.165) is 28.9 Å². The summed E-state index contributed by atoms with van der Waals surface area (Å²) >= 11 is 6.15. The van der Waals surface area contributed by atoms with E-state index in [1.807, 2.05) is 66.7 Å². The molecule has 6 nitrogen and oxygen atoms in total. The van der Waals surface area contributed by atoms with Crippen molar-refractivity contribution in [3.8, 4) is 11.1 Å². The number of anilines is 2. The van der Waals surface area contributed by atoms with Crippen molar-refractivity contribution in [2.24, 2.45) is 0 Å². The zero-order chi connectivity index (χ0) is 26.5. The zero-order valence-corrected chi connectivity index (χ0v) is 21.7. The Balaban J connectivity index is 1.43. The number of amides is 2. The highest BCUT2D eigenvalue weighted by molar-refractivity contribution is 6.30. The van der Waals surface area contributed by atoms with Crippen molar-refractivity contribution in [1.29, 1.82) is 0 Å². The number of nitrogens with zero attached hydrogens (tertiary/aromatic N) is 2. The van der Waals surface area contributed by atoms with Crippen molar-refractivity contribution in [1.82, 2.24) is 9.55 Å². The van der Waals surface area contributed by atoms with E-state index in [0.29, 0.717) is 40.3 Å². The summed E-state index contributed by atoms with van der Waals surface area (Å²) in [4.78, 5) is 30.9. The molecule has 0 aliphatic carbocycles. The van der Waals surface area contributed by atoms with Crippen molar-refractivity contribution in [3.63, 3.8) is 0 Å².